The lowest BCUT2D eigenvalue weighted by molar-refractivity contribution is -0.274. The molecule has 0 heterocycles. The number of aliphatic hydroxyl groups is 1. The average molecular weight is 504 g/mol. The second kappa shape index (κ2) is 8.96. The number of alkyl halides is 3. The van der Waals surface area contributed by atoms with Gasteiger partial charge in [-0.15, -0.1) is 13.2 Å². The molecular weight excluding hydrogens is 479 g/mol. The van der Waals surface area contributed by atoms with Crippen LogP contribution in [0.4, 0.5) is 13.2 Å². The predicted molar refractivity (Wildman–Crippen MR) is 124 cm³/mol. The van der Waals surface area contributed by atoms with Crippen molar-refractivity contribution in [1.29, 1.82) is 0 Å². The zero-order valence-corrected chi connectivity index (χ0v) is 19.4. The van der Waals surface area contributed by atoms with Gasteiger partial charge in [-0.3, -0.25) is 0 Å². The van der Waals surface area contributed by atoms with E-state index in [1.807, 2.05) is 24.3 Å². The topological polar surface area (TPSA) is 75.6 Å². The molecule has 2 aliphatic carbocycles. The molecule has 0 amide bonds. The second-order valence-electron chi connectivity index (χ2n) is 8.98. The van der Waals surface area contributed by atoms with Crippen LogP contribution in [-0.4, -0.2) is 32.0 Å². The van der Waals surface area contributed by atoms with Crippen molar-refractivity contribution in [3.05, 3.63) is 83.9 Å². The maximum absolute atomic E-state index is 13.0. The molecule has 9 heteroatoms. The van der Waals surface area contributed by atoms with Crippen molar-refractivity contribution >= 4 is 10.0 Å². The third-order valence-electron chi connectivity index (χ3n) is 6.89. The van der Waals surface area contributed by atoms with Crippen LogP contribution in [0.25, 0.3) is 11.1 Å². The van der Waals surface area contributed by atoms with Crippen LogP contribution >= 0.6 is 0 Å². The molecule has 0 bridgehead atoms. The zero-order chi connectivity index (χ0) is 24.8. The van der Waals surface area contributed by atoms with E-state index in [0.717, 1.165) is 59.4 Å². The van der Waals surface area contributed by atoms with E-state index >= 15 is 0 Å². The minimum atomic E-state index is -4.86. The van der Waals surface area contributed by atoms with Gasteiger partial charge >= 0.3 is 6.36 Å². The minimum absolute atomic E-state index is 0.0523. The first kappa shape index (κ1) is 23.8. The van der Waals surface area contributed by atoms with E-state index in [9.17, 15) is 26.7 Å². The molecule has 1 fully saturated rings. The summed E-state index contributed by atoms with van der Waals surface area (Å²) < 4.78 is 69.6. The summed E-state index contributed by atoms with van der Waals surface area (Å²) >= 11 is 0. The highest BCUT2D eigenvalue weighted by molar-refractivity contribution is 7.89. The van der Waals surface area contributed by atoms with Crippen LogP contribution in [0.3, 0.4) is 0 Å². The highest BCUT2D eigenvalue weighted by Gasteiger charge is 2.43. The molecule has 3 unspecified atom stereocenters. The summed E-state index contributed by atoms with van der Waals surface area (Å²) in [5, 5.41) is 11.4. The first-order chi connectivity index (χ1) is 16.6. The van der Waals surface area contributed by atoms with Gasteiger partial charge < -0.3 is 9.84 Å². The Balaban J connectivity index is 1.38. The van der Waals surface area contributed by atoms with Crippen LogP contribution in [-0.2, 0) is 10.0 Å². The molecule has 3 aromatic rings. The summed E-state index contributed by atoms with van der Waals surface area (Å²) in [4.78, 5) is -0.196. The van der Waals surface area contributed by atoms with E-state index < -0.39 is 34.3 Å². The Morgan fingerprint density at radius 2 is 1.43 bits per heavy atom. The van der Waals surface area contributed by atoms with Gasteiger partial charge in [0.1, 0.15) is 5.75 Å². The fraction of sp³-hybridized carbons (Fsp3) is 0.308. The Labute approximate surface area is 201 Å². The van der Waals surface area contributed by atoms with Crippen molar-refractivity contribution in [1.82, 2.24) is 4.72 Å². The lowest BCUT2D eigenvalue weighted by Crippen LogP contribution is -2.50. The third kappa shape index (κ3) is 4.68. The predicted octanol–water partition coefficient (Wildman–Crippen LogP) is 5.21. The van der Waals surface area contributed by atoms with Crippen LogP contribution in [0.15, 0.2) is 77.7 Å². The Kier molecular flexibility index (Phi) is 6.11. The summed E-state index contributed by atoms with van der Waals surface area (Å²) in [6.45, 7) is 0. The monoisotopic (exact) mass is 503 g/mol. The molecule has 3 atom stereocenters. The molecule has 3 aromatic carbocycles. The van der Waals surface area contributed by atoms with Crippen molar-refractivity contribution in [3.63, 3.8) is 0 Å². The fourth-order valence-corrected chi connectivity index (χ4v) is 6.74. The summed E-state index contributed by atoms with van der Waals surface area (Å²) in [5.41, 5.74) is 4.51. The lowest BCUT2D eigenvalue weighted by atomic mass is 9.72. The van der Waals surface area contributed by atoms with Gasteiger partial charge in [0, 0.05) is 12.0 Å². The van der Waals surface area contributed by atoms with Gasteiger partial charge in [0.05, 0.1) is 11.0 Å². The molecule has 0 spiro atoms. The van der Waals surface area contributed by atoms with Crippen molar-refractivity contribution in [2.45, 2.75) is 48.6 Å². The smallest absolute Gasteiger partial charge is 0.406 e. The van der Waals surface area contributed by atoms with Gasteiger partial charge in [0.2, 0.25) is 10.0 Å². The number of benzene rings is 3. The Morgan fingerprint density at radius 3 is 2.00 bits per heavy atom. The van der Waals surface area contributed by atoms with Crippen LogP contribution < -0.4 is 9.46 Å². The highest BCUT2D eigenvalue weighted by Crippen LogP contribution is 2.51. The number of rotatable bonds is 5. The minimum Gasteiger partial charge on any atom is -0.406 e. The molecule has 0 aromatic heterocycles. The van der Waals surface area contributed by atoms with E-state index in [2.05, 4.69) is 33.7 Å². The van der Waals surface area contributed by atoms with Crippen molar-refractivity contribution in [3.8, 4) is 16.9 Å². The number of fused-ring (bicyclic) bond motifs is 3. The Hall–Kier alpha value is -2.88. The molecule has 1 saturated carbocycles. The number of nitrogens with one attached hydrogen (secondary N) is 1. The first-order valence-corrected chi connectivity index (χ1v) is 12.9. The maximum atomic E-state index is 13.0. The third-order valence-corrected chi connectivity index (χ3v) is 8.39. The largest absolute Gasteiger partial charge is 0.573 e. The van der Waals surface area contributed by atoms with E-state index in [-0.39, 0.29) is 16.7 Å². The molecule has 35 heavy (non-hydrogen) atoms. The zero-order valence-electron chi connectivity index (χ0n) is 18.6. The summed E-state index contributed by atoms with van der Waals surface area (Å²) in [6.07, 6.45) is -3.86. The van der Waals surface area contributed by atoms with E-state index in [1.165, 1.54) is 0 Å². The van der Waals surface area contributed by atoms with Crippen LogP contribution in [0.2, 0.25) is 0 Å². The number of hydrogen-bond acceptors (Lipinski definition) is 4. The molecule has 5 rings (SSSR count). The van der Waals surface area contributed by atoms with Gasteiger partial charge in [-0.25, -0.2) is 13.1 Å². The van der Waals surface area contributed by atoms with Gasteiger partial charge in [-0.1, -0.05) is 55.0 Å². The molecule has 184 valence electrons. The number of sulfonamides is 1. The van der Waals surface area contributed by atoms with E-state index in [4.69, 9.17) is 0 Å². The van der Waals surface area contributed by atoms with Gasteiger partial charge in [-0.2, -0.15) is 0 Å². The normalized spacial score (nSPS) is 22.5. The maximum Gasteiger partial charge on any atom is 0.573 e. The molecule has 2 aliphatic rings. The molecule has 0 radical (unpaired) electrons. The first-order valence-electron chi connectivity index (χ1n) is 11.4. The lowest BCUT2D eigenvalue weighted by Gasteiger charge is -2.39. The fourth-order valence-electron chi connectivity index (χ4n) is 5.45. The molecule has 2 N–H and O–H groups in total. The van der Waals surface area contributed by atoms with E-state index in [0.29, 0.717) is 6.42 Å². The molecule has 0 saturated heterocycles. The average Bonchev–Trinajstić information content (AvgIpc) is 3.14. The summed E-state index contributed by atoms with van der Waals surface area (Å²) in [7, 11) is -4.07. The Morgan fingerprint density at radius 1 is 0.857 bits per heavy atom. The van der Waals surface area contributed by atoms with Crippen molar-refractivity contribution in [2.24, 2.45) is 5.92 Å². The van der Waals surface area contributed by atoms with Crippen LogP contribution in [0.5, 0.6) is 5.75 Å². The Bertz CT molecular complexity index is 1280. The summed E-state index contributed by atoms with van der Waals surface area (Å²) in [5.74, 6) is -0.750. The molecular formula is C26H24F3NO4S. The van der Waals surface area contributed by atoms with Crippen LogP contribution in [0, 0.1) is 5.92 Å². The van der Waals surface area contributed by atoms with Gasteiger partial charge in [0.15, 0.2) is 0 Å². The van der Waals surface area contributed by atoms with Gasteiger partial charge in [0.25, 0.3) is 0 Å². The van der Waals surface area contributed by atoms with Crippen LogP contribution in [0.1, 0.15) is 36.3 Å². The number of hydrogen-bond donors (Lipinski definition) is 2. The van der Waals surface area contributed by atoms with Crippen molar-refractivity contribution < 1.29 is 31.4 Å². The SMILES string of the molecule is O=S(=O)(NC1CCCC(C2c3ccccc3-c3ccccc32)C1O)c1ccc(OC(F)(F)F)cc1. The number of halogens is 3. The quantitative estimate of drug-likeness (QED) is 0.502. The molecule has 0 aliphatic heterocycles. The molecule has 5 nitrogen and oxygen atoms in total. The standard InChI is InChI=1S/C26H24F3NO4S/c27-26(28,29)34-16-12-14-17(15-13-16)35(32,33)30-23-11-5-10-22(25(23)31)24-20-8-3-1-6-18(20)19-7-2-4-9-21(19)24/h1-4,6-9,12-15,22-25,30-31H,5,10-11H2. The number of aliphatic hydroxyl groups excluding tert-OH is 1. The second-order valence-corrected chi connectivity index (χ2v) is 10.7. The number of ether oxygens (including phenoxy) is 1. The van der Waals surface area contributed by atoms with Gasteiger partial charge in [-0.05, 0) is 65.3 Å². The summed E-state index contributed by atoms with van der Waals surface area (Å²) in [6, 6.07) is 19.5. The van der Waals surface area contributed by atoms with E-state index in [1.54, 1.807) is 0 Å². The van der Waals surface area contributed by atoms with Crippen molar-refractivity contribution in [2.75, 3.05) is 0 Å². The highest BCUT2D eigenvalue weighted by atomic mass is 32.2.